The van der Waals surface area contributed by atoms with E-state index in [-0.39, 0.29) is 18.6 Å². The van der Waals surface area contributed by atoms with Crippen molar-refractivity contribution in [1.82, 2.24) is 10.3 Å². The Kier molecular flexibility index (Phi) is 6.10. The highest BCUT2D eigenvalue weighted by atomic mass is 16.5. The summed E-state index contributed by atoms with van der Waals surface area (Å²) in [5, 5.41) is 14.7. The molecule has 1 heterocycles. The Morgan fingerprint density at radius 3 is 3.00 bits per heavy atom. The number of methoxy groups -OCH3 is 1. The van der Waals surface area contributed by atoms with E-state index in [4.69, 9.17) is 9.84 Å². The summed E-state index contributed by atoms with van der Waals surface area (Å²) in [6.07, 6.45) is 2.14. The van der Waals surface area contributed by atoms with Crippen molar-refractivity contribution in [3.8, 4) is 0 Å². The van der Waals surface area contributed by atoms with Crippen LogP contribution >= 0.6 is 0 Å². The number of hydrogen-bond acceptors (Lipinski definition) is 5. The SMILES string of the molecule is CNC(=O)c1cc(NC(CCO)COC)ccn1. The minimum Gasteiger partial charge on any atom is -0.396 e. The Bertz CT molecular complexity index is 379. The van der Waals surface area contributed by atoms with Gasteiger partial charge in [0.2, 0.25) is 0 Å². The molecule has 1 amide bonds. The van der Waals surface area contributed by atoms with Crippen LogP contribution in [0.25, 0.3) is 0 Å². The van der Waals surface area contributed by atoms with Gasteiger partial charge in [-0.2, -0.15) is 0 Å². The van der Waals surface area contributed by atoms with E-state index in [1.54, 1.807) is 32.5 Å². The lowest BCUT2D eigenvalue weighted by atomic mass is 10.2. The van der Waals surface area contributed by atoms with E-state index >= 15 is 0 Å². The van der Waals surface area contributed by atoms with Gasteiger partial charge in [-0.3, -0.25) is 9.78 Å². The molecule has 0 aliphatic rings. The maximum atomic E-state index is 11.4. The summed E-state index contributed by atoms with van der Waals surface area (Å²) in [4.78, 5) is 15.4. The zero-order chi connectivity index (χ0) is 13.4. The molecule has 6 heteroatoms. The number of aliphatic hydroxyl groups excluding tert-OH is 1. The highest BCUT2D eigenvalue weighted by Crippen LogP contribution is 2.11. The van der Waals surface area contributed by atoms with Gasteiger partial charge in [0.1, 0.15) is 5.69 Å². The lowest BCUT2D eigenvalue weighted by Gasteiger charge is -2.18. The first-order valence-electron chi connectivity index (χ1n) is 5.75. The van der Waals surface area contributed by atoms with Gasteiger partial charge in [-0.25, -0.2) is 0 Å². The number of nitrogens with one attached hydrogen (secondary N) is 2. The first-order valence-corrected chi connectivity index (χ1v) is 5.75. The van der Waals surface area contributed by atoms with Gasteiger partial charge in [0.05, 0.1) is 12.6 Å². The molecule has 18 heavy (non-hydrogen) atoms. The molecule has 0 bridgehead atoms. The Labute approximate surface area is 106 Å². The molecule has 1 rings (SSSR count). The van der Waals surface area contributed by atoms with Gasteiger partial charge in [-0.1, -0.05) is 0 Å². The van der Waals surface area contributed by atoms with Gasteiger partial charge in [-0.15, -0.1) is 0 Å². The molecule has 0 saturated heterocycles. The van der Waals surface area contributed by atoms with Crippen molar-refractivity contribution in [2.75, 3.05) is 32.7 Å². The van der Waals surface area contributed by atoms with E-state index in [1.165, 1.54) is 0 Å². The van der Waals surface area contributed by atoms with Gasteiger partial charge in [0.15, 0.2) is 0 Å². The molecule has 100 valence electrons. The summed E-state index contributed by atoms with van der Waals surface area (Å²) in [5.74, 6) is -0.232. The van der Waals surface area contributed by atoms with Crippen molar-refractivity contribution < 1.29 is 14.6 Å². The fourth-order valence-corrected chi connectivity index (χ4v) is 1.56. The summed E-state index contributed by atoms with van der Waals surface area (Å²) in [6.45, 7) is 0.562. The maximum Gasteiger partial charge on any atom is 0.269 e. The molecule has 1 aromatic rings. The first kappa shape index (κ1) is 14.4. The van der Waals surface area contributed by atoms with Crippen molar-refractivity contribution in [1.29, 1.82) is 0 Å². The molecule has 0 radical (unpaired) electrons. The predicted octanol–water partition coefficient (Wildman–Crippen LogP) is 0.250. The van der Waals surface area contributed by atoms with Gasteiger partial charge >= 0.3 is 0 Å². The molecular weight excluding hydrogens is 234 g/mol. The largest absolute Gasteiger partial charge is 0.396 e. The number of carbonyl (C=O) groups is 1. The number of aliphatic hydroxyl groups is 1. The monoisotopic (exact) mass is 253 g/mol. The Morgan fingerprint density at radius 1 is 1.61 bits per heavy atom. The van der Waals surface area contributed by atoms with Gasteiger partial charge in [-0.05, 0) is 18.6 Å². The van der Waals surface area contributed by atoms with E-state index in [0.717, 1.165) is 5.69 Å². The van der Waals surface area contributed by atoms with Crippen LogP contribution in [-0.2, 0) is 4.74 Å². The Balaban J connectivity index is 2.73. The van der Waals surface area contributed by atoms with Crippen LogP contribution in [0.5, 0.6) is 0 Å². The maximum absolute atomic E-state index is 11.4. The second kappa shape index (κ2) is 7.62. The fourth-order valence-electron chi connectivity index (χ4n) is 1.56. The standard InChI is InChI=1S/C12H19N3O3/c1-13-12(17)11-7-9(3-5-14-11)15-10(4-6-16)8-18-2/h3,5,7,10,16H,4,6,8H2,1-2H3,(H,13,17)(H,14,15). The summed E-state index contributed by atoms with van der Waals surface area (Å²) in [6, 6.07) is 3.44. The number of hydrogen-bond donors (Lipinski definition) is 3. The number of pyridine rings is 1. The topological polar surface area (TPSA) is 83.5 Å². The third kappa shape index (κ3) is 4.31. The van der Waals surface area contributed by atoms with Crippen molar-refractivity contribution in [3.05, 3.63) is 24.0 Å². The van der Waals surface area contributed by atoms with Crippen LogP contribution in [0.4, 0.5) is 5.69 Å². The van der Waals surface area contributed by atoms with Crippen molar-refractivity contribution in [3.63, 3.8) is 0 Å². The highest BCUT2D eigenvalue weighted by Gasteiger charge is 2.10. The van der Waals surface area contributed by atoms with Gasteiger partial charge in [0.25, 0.3) is 5.91 Å². The van der Waals surface area contributed by atoms with Crippen molar-refractivity contribution >= 4 is 11.6 Å². The average Bonchev–Trinajstić information content (AvgIpc) is 2.39. The summed E-state index contributed by atoms with van der Waals surface area (Å²) >= 11 is 0. The van der Waals surface area contributed by atoms with E-state index in [1.807, 2.05) is 0 Å². The third-order valence-electron chi connectivity index (χ3n) is 2.44. The number of carbonyl (C=O) groups excluding carboxylic acids is 1. The normalized spacial score (nSPS) is 11.9. The number of amides is 1. The Hall–Kier alpha value is -1.66. The summed E-state index contributed by atoms with van der Waals surface area (Å²) < 4.78 is 5.06. The summed E-state index contributed by atoms with van der Waals surface area (Å²) in [5.41, 5.74) is 1.13. The fraction of sp³-hybridized carbons (Fsp3) is 0.500. The quantitative estimate of drug-likeness (QED) is 0.649. The minimum atomic E-state index is -0.232. The Morgan fingerprint density at radius 2 is 2.39 bits per heavy atom. The van der Waals surface area contributed by atoms with Crippen LogP contribution < -0.4 is 10.6 Å². The highest BCUT2D eigenvalue weighted by molar-refractivity contribution is 5.92. The molecule has 0 aromatic carbocycles. The molecule has 0 saturated carbocycles. The van der Waals surface area contributed by atoms with E-state index in [0.29, 0.717) is 18.7 Å². The lowest BCUT2D eigenvalue weighted by molar-refractivity contribution is 0.0958. The average molecular weight is 253 g/mol. The number of ether oxygens (including phenoxy) is 1. The molecule has 3 N–H and O–H groups in total. The van der Waals surface area contributed by atoms with Crippen molar-refractivity contribution in [2.24, 2.45) is 0 Å². The number of nitrogens with zero attached hydrogens (tertiary/aromatic N) is 1. The molecule has 1 aromatic heterocycles. The van der Waals surface area contributed by atoms with E-state index in [9.17, 15) is 4.79 Å². The van der Waals surface area contributed by atoms with Crippen molar-refractivity contribution in [2.45, 2.75) is 12.5 Å². The van der Waals surface area contributed by atoms with Gasteiger partial charge < -0.3 is 20.5 Å². The molecule has 1 unspecified atom stereocenters. The van der Waals surface area contributed by atoms with Crippen LogP contribution in [0.3, 0.4) is 0 Å². The van der Waals surface area contributed by atoms with Crippen LogP contribution in [0.15, 0.2) is 18.3 Å². The first-order chi connectivity index (χ1) is 8.71. The molecule has 0 spiro atoms. The second-order valence-corrected chi connectivity index (χ2v) is 3.82. The molecule has 0 fully saturated rings. The predicted molar refractivity (Wildman–Crippen MR) is 68.6 cm³/mol. The zero-order valence-corrected chi connectivity index (χ0v) is 10.6. The number of anilines is 1. The van der Waals surface area contributed by atoms with Gasteiger partial charge in [0, 0.05) is 32.6 Å². The number of rotatable bonds is 7. The lowest BCUT2D eigenvalue weighted by Crippen LogP contribution is -2.26. The number of aromatic nitrogens is 1. The molecular formula is C12H19N3O3. The minimum absolute atomic E-state index is 0.0000576. The van der Waals surface area contributed by atoms with E-state index in [2.05, 4.69) is 15.6 Å². The van der Waals surface area contributed by atoms with Crippen LogP contribution in [0.2, 0.25) is 0 Å². The molecule has 0 aliphatic carbocycles. The zero-order valence-electron chi connectivity index (χ0n) is 10.6. The summed E-state index contributed by atoms with van der Waals surface area (Å²) in [7, 11) is 3.16. The second-order valence-electron chi connectivity index (χ2n) is 3.82. The van der Waals surface area contributed by atoms with Crippen LogP contribution in [0.1, 0.15) is 16.9 Å². The molecule has 6 nitrogen and oxygen atoms in total. The van der Waals surface area contributed by atoms with E-state index < -0.39 is 0 Å². The van der Waals surface area contributed by atoms with Crippen LogP contribution in [-0.4, -0.2) is 49.4 Å². The smallest absolute Gasteiger partial charge is 0.269 e. The van der Waals surface area contributed by atoms with Crippen LogP contribution in [0, 0.1) is 0 Å². The molecule has 1 atom stereocenters. The third-order valence-corrected chi connectivity index (χ3v) is 2.44. The molecule has 0 aliphatic heterocycles.